The highest BCUT2D eigenvalue weighted by atomic mass is 19.4. The van der Waals surface area contributed by atoms with Gasteiger partial charge in [-0.15, -0.1) is 0 Å². The molecule has 0 amide bonds. The fourth-order valence-corrected chi connectivity index (χ4v) is 2.06. The van der Waals surface area contributed by atoms with Crippen molar-refractivity contribution >= 4 is 11.0 Å². The largest absolute Gasteiger partial charge is 0.417 e. The highest BCUT2D eigenvalue weighted by Gasteiger charge is 2.31. The molecule has 1 unspecified atom stereocenters. The zero-order valence-electron chi connectivity index (χ0n) is 10.5. The molecule has 0 aliphatic heterocycles. The van der Waals surface area contributed by atoms with Gasteiger partial charge in [-0.3, -0.25) is 0 Å². The zero-order valence-corrected chi connectivity index (χ0v) is 10.5. The van der Waals surface area contributed by atoms with Crippen LogP contribution in [0.5, 0.6) is 0 Å². The normalized spacial score (nSPS) is 14.1. The van der Waals surface area contributed by atoms with E-state index in [-0.39, 0.29) is 5.92 Å². The molecule has 2 aromatic rings. The molecule has 0 aromatic carbocycles. The van der Waals surface area contributed by atoms with Crippen LogP contribution >= 0.6 is 0 Å². The Morgan fingerprint density at radius 3 is 2.61 bits per heavy atom. The van der Waals surface area contributed by atoms with Crippen molar-refractivity contribution in [1.82, 2.24) is 9.55 Å². The van der Waals surface area contributed by atoms with Gasteiger partial charge in [0.25, 0.3) is 0 Å². The van der Waals surface area contributed by atoms with E-state index in [9.17, 15) is 13.2 Å². The third-order valence-electron chi connectivity index (χ3n) is 3.32. The first-order chi connectivity index (χ1) is 8.34. The Morgan fingerprint density at radius 1 is 1.39 bits per heavy atom. The van der Waals surface area contributed by atoms with Crippen LogP contribution in [0.25, 0.3) is 11.0 Å². The fourth-order valence-electron chi connectivity index (χ4n) is 2.06. The molecule has 0 aliphatic rings. The third kappa shape index (κ3) is 2.09. The first kappa shape index (κ1) is 12.9. The second kappa shape index (κ2) is 4.30. The highest BCUT2D eigenvalue weighted by molar-refractivity contribution is 5.81. The number of fused-ring (bicyclic) bond motifs is 1. The lowest BCUT2D eigenvalue weighted by molar-refractivity contribution is -0.137. The monoisotopic (exact) mass is 256 g/mol. The van der Waals surface area contributed by atoms with E-state index in [1.165, 1.54) is 6.07 Å². The van der Waals surface area contributed by atoms with E-state index in [0.29, 0.717) is 11.0 Å². The summed E-state index contributed by atoms with van der Waals surface area (Å²) in [6, 6.07) is 1.20. The summed E-state index contributed by atoms with van der Waals surface area (Å²) in [7, 11) is 1.80. The molecular formula is C13H15F3N2. The summed E-state index contributed by atoms with van der Waals surface area (Å²) in [5.74, 6) is 0.221. The van der Waals surface area contributed by atoms with Crippen molar-refractivity contribution in [2.24, 2.45) is 7.05 Å². The van der Waals surface area contributed by atoms with Crippen molar-refractivity contribution in [3.63, 3.8) is 0 Å². The Labute approximate surface area is 103 Å². The summed E-state index contributed by atoms with van der Waals surface area (Å²) in [4.78, 5) is 3.93. The standard InChI is InChI=1S/C13H15F3N2/c1-4-8(2)11-7-18(3)12-10(11)5-9(6-17-12)13(14,15)16/h5-8H,4H2,1-3H3. The second-order valence-electron chi connectivity index (χ2n) is 4.60. The van der Waals surface area contributed by atoms with E-state index < -0.39 is 11.7 Å². The van der Waals surface area contributed by atoms with Crippen LogP contribution in [-0.4, -0.2) is 9.55 Å². The maximum absolute atomic E-state index is 12.7. The lowest BCUT2D eigenvalue weighted by Crippen LogP contribution is -2.05. The van der Waals surface area contributed by atoms with Gasteiger partial charge < -0.3 is 4.57 Å². The van der Waals surface area contributed by atoms with Crippen molar-refractivity contribution in [3.05, 3.63) is 29.6 Å². The minimum absolute atomic E-state index is 0.221. The first-order valence-electron chi connectivity index (χ1n) is 5.86. The van der Waals surface area contributed by atoms with E-state index in [0.717, 1.165) is 18.2 Å². The molecule has 5 heteroatoms. The van der Waals surface area contributed by atoms with Crippen LogP contribution in [0, 0.1) is 0 Å². The molecule has 0 saturated carbocycles. The molecule has 0 spiro atoms. The Kier molecular flexibility index (Phi) is 3.09. The molecule has 18 heavy (non-hydrogen) atoms. The summed E-state index contributed by atoms with van der Waals surface area (Å²) in [6.07, 6.45) is -0.701. The summed E-state index contributed by atoms with van der Waals surface area (Å²) in [5.41, 5.74) is 0.831. The fraction of sp³-hybridized carbons (Fsp3) is 0.462. The summed E-state index contributed by atoms with van der Waals surface area (Å²) in [6.45, 7) is 4.03. The summed E-state index contributed by atoms with van der Waals surface area (Å²) < 4.78 is 39.8. The van der Waals surface area contributed by atoms with E-state index in [4.69, 9.17) is 0 Å². The maximum atomic E-state index is 12.7. The van der Waals surface area contributed by atoms with E-state index >= 15 is 0 Å². The van der Waals surface area contributed by atoms with Crippen molar-refractivity contribution in [1.29, 1.82) is 0 Å². The van der Waals surface area contributed by atoms with Gasteiger partial charge in [0.05, 0.1) is 5.56 Å². The molecule has 0 radical (unpaired) electrons. The Morgan fingerprint density at radius 2 is 2.06 bits per heavy atom. The third-order valence-corrected chi connectivity index (χ3v) is 3.32. The number of nitrogens with zero attached hydrogens (tertiary/aromatic N) is 2. The Bertz CT molecular complexity index is 569. The predicted octanol–water partition coefficient (Wildman–Crippen LogP) is 4.11. The first-order valence-corrected chi connectivity index (χ1v) is 5.86. The van der Waals surface area contributed by atoms with E-state index in [1.807, 2.05) is 20.0 Å². The Hall–Kier alpha value is -1.52. The van der Waals surface area contributed by atoms with Crippen LogP contribution in [0.1, 0.15) is 37.3 Å². The van der Waals surface area contributed by atoms with Crippen molar-refractivity contribution in [2.45, 2.75) is 32.4 Å². The van der Waals surface area contributed by atoms with Gasteiger partial charge in [-0.25, -0.2) is 4.98 Å². The number of rotatable bonds is 2. The molecule has 0 saturated heterocycles. The molecular weight excluding hydrogens is 241 g/mol. The van der Waals surface area contributed by atoms with E-state index in [1.54, 1.807) is 11.6 Å². The molecule has 1 atom stereocenters. The molecule has 0 N–H and O–H groups in total. The van der Waals surface area contributed by atoms with Gasteiger partial charge in [0.15, 0.2) is 0 Å². The van der Waals surface area contributed by atoms with Crippen LogP contribution in [0.4, 0.5) is 13.2 Å². The van der Waals surface area contributed by atoms with Gasteiger partial charge >= 0.3 is 6.18 Å². The number of hydrogen-bond acceptors (Lipinski definition) is 1. The lowest BCUT2D eigenvalue weighted by atomic mass is 9.98. The zero-order chi connectivity index (χ0) is 13.5. The van der Waals surface area contributed by atoms with Gasteiger partial charge in [-0.05, 0) is 24.0 Å². The average molecular weight is 256 g/mol. The van der Waals surface area contributed by atoms with Gasteiger partial charge in [-0.1, -0.05) is 13.8 Å². The summed E-state index contributed by atoms with van der Waals surface area (Å²) >= 11 is 0. The molecule has 2 aromatic heterocycles. The van der Waals surface area contributed by atoms with Crippen molar-refractivity contribution in [3.8, 4) is 0 Å². The number of aromatic nitrogens is 2. The SMILES string of the molecule is CCC(C)c1cn(C)c2ncc(C(F)(F)F)cc12. The van der Waals surface area contributed by atoms with Gasteiger partial charge in [0.1, 0.15) is 5.65 Å². The van der Waals surface area contributed by atoms with Crippen molar-refractivity contribution < 1.29 is 13.2 Å². The summed E-state index contributed by atoms with van der Waals surface area (Å²) in [5, 5.41) is 0.599. The number of pyridine rings is 1. The second-order valence-corrected chi connectivity index (χ2v) is 4.60. The maximum Gasteiger partial charge on any atom is 0.417 e. The molecule has 2 nitrogen and oxygen atoms in total. The number of alkyl halides is 3. The Balaban J connectivity index is 2.67. The molecule has 0 bridgehead atoms. The highest BCUT2D eigenvalue weighted by Crippen LogP contribution is 2.34. The van der Waals surface area contributed by atoms with Crippen molar-refractivity contribution in [2.75, 3.05) is 0 Å². The minimum Gasteiger partial charge on any atom is -0.335 e. The number of aryl methyl sites for hydroxylation is 1. The van der Waals surface area contributed by atoms with Gasteiger partial charge in [0.2, 0.25) is 0 Å². The quantitative estimate of drug-likeness (QED) is 0.790. The smallest absolute Gasteiger partial charge is 0.335 e. The van der Waals surface area contributed by atoms with Gasteiger partial charge in [-0.2, -0.15) is 13.2 Å². The average Bonchev–Trinajstić information content (AvgIpc) is 2.64. The molecule has 0 fully saturated rings. The van der Waals surface area contributed by atoms with Crippen LogP contribution in [0.2, 0.25) is 0 Å². The van der Waals surface area contributed by atoms with Gasteiger partial charge in [0, 0.05) is 24.8 Å². The minimum atomic E-state index is -4.34. The number of hydrogen-bond donors (Lipinski definition) is 0. The predicted molar refractivity (Wildman–Crippen MR) is 64.4 cm³/mol. The van der Waals surface area contributed by atoms with Crippen LogP contribution in [0.15, 0.2) is 18.5 Å². The molecule has 0 aliphatic carbocycles. The van der Waals surface area contributed by atoms with E-state index in [2.05, 4.69) is 4.98 Å². The topological polar surface area (TPSA) is 17.8 Å². The molecule has 2 heterocycles. The number of halogens is 3. The van der Waals surface area contributed by atoms with Crippen LogP contribution in [0.3, 0.4) is 0 Å². The molecule has 2 rings (SSSR count). The lowest BCUT2D eigenvalue weighted by Gasteiger charge is -2.09. The van der Waals surface area contributed by atoms with Crippen LogP contribution < -0.4 is 0 Å². The van der Waals surface area contributed by atoms with Crippen LogP contribution in [-0.2, 0) is 13.2 Å². The molecule has 98 valence electrons.